The quantitative estimate of drug-likeness (QED) is 0.605. The summed E-state index contributed by atoms with van der Waals surface area (Å²) in [4.78, 5) is 0. The Morgan fingerprint density at radius 1 is 1.13 bits per heavy atom. The van der Waals surface area contributed by atoms with Gasteiger partial charge in [-0.3, -0.25) is 5.10 Å². The average molecular weight is 306 g/mol. The van der Waals surface area contributed by atoms with E-state index >= 15 is 0 Å². The minimum Gasteiger partial charge on any atom is -0.396 e. The average Bonchev–Trinajstić information content (AvgIpc) is 3.15. The zero-order valence-electron chi connectivity index (χ0n) is 12.3. The van der Waals surface area contributed by atoms with Crippen LogP contribution in [0.5, 0.6) is 0 Å². The molecule has 2 heterocycles. The van der Waals surface area contributed by atoms with E-state index in [1.54, 1.807) is 18.3 Å². The summed E-state index contributed by atoms with van der Waals surface area (Å²) in [7, 11) is 0. The van der Waals surface area contributed by atoms with Gasteiger partial charge in [0.2, 0.25) is 0 Å². The summed E-state index contributed by atoms with van der Waals surface area (Å²) in [5, 5.41) is 7.94. The number of H-pyrrole nitrogens is 1. The molecule has 5 heteroatoms. The van der Waals surface area contributed by atoms with E-state index in [4.69, 9.17) is 5.73 Å². The number of nitrogen functional groups attached to an aromatic ring is 1. The van der Waals surface area contributed by atoms with Gasteiger partial charge >= 0.3 is 0 Å². The number of fused-ring (bicyclic) bond motifs is 1. The fraction of sp³-hybridized carbons (Fsp3) is 0.0556. The Hall–Kier alpha value is -3.08. The van der Waals surface area contributed by atoms with Crippen LogP contribution in [0.15, 0.2) is 60.9 Å². The van der Waals surface area contributed by atoms with Gasteiger partial charge in [-0.25, -0.2) is 4.39 Å². The third kappa shape index (κ3) is 2.36. The van der Waals surface area contributed by atoms with Crippen LogP contribution < -0.4 is 5.73 Å². The molecule has 2 aromatic carbocycles. The lowest BCUT2D eigenvalue weighted by atomic mass is 10.1. The van der Waals surface area contributed by atoms with Gasteiger partial charge in [0.1, 0.15) is 5.82 Å². The predicted octanol–water partition coefficient (Wildman–Crippen LogP) is 3.80. The van der Waals surface area contributed by atoms with Crippen LogP contribution in [0, 0.1) is 5.82 Å². The lowest BCUT2D eigenvalue weighted by molar-refractivity contribution is 0.602. The Morgan fingerprint density at radius 2 is 2.00 bits per heavy atom. The number of nitrogens with one attached hydrogen (secondary N) is 1. The lowest BCUT2D eigenvalue weighted by Crippen LogP contribution is -2.00. The molecule has 2 aromatic heterocycles. The summed E-state index contributed by atoms with van der Waals surface area (Å²) in [6.07, 6.45) is 3.57. The third-order valence-electron chi connectivity index (χ3n) is 4.03. The van der Waals surface area contributed by atoms with Gasteiger partial charge in [-0.15, -0.1) is 0 Å². The monoisotopic (exact) mass is 306 g/mol. The number of benzene rings is 2. The van der Waals surface area contributed by atoms with E-state index in [0.29, 0.717) is 17.8 Å². The van der Waals surface area contributed by atoms with Crippen molar-refractivity contribution in [3.05, 3.63) is 72.3 Å². The number of nitrogens with two attached hydrogens (primary N) is 1. The maximum atomic E-state index is 13.8. The summed E-state index contributed by atoms with van der Waals surface area (Å²) < 4.78 is 15.9. The molecule has 0 aliphatic heterocycles. The molecule has 0 aliphatic carbocycles. The van der Waals surface area contributed by atoms with Crippen LogP contribution in [0.4, 0.5) is 10.1 Å². The zero-order valence-corrected chi connectivity index (χ0v) is 12.3. The van der Waals surface area contributed by atoms with Gasteiger partial charge in [0, 0.05) is 28.2 Å². The van der Waals surface area contributed by atoms with E-state index in [-0.39, 0.29) is 5.82 Å². The molecule has 0 bridgehead atoms. The molecule has 0 spiro atoms. The second-order valence-corrected chi connectivity index (χ2v) is 5.51. The van der Waals surface area contributed by atoms with Gasteiger partial charge in [-0.1, -0.05) is 24.3 Å². The molecule has 4 rings (SSSR count). The van der Waals surface area contributed by atoms with Crippen molar-refractivity contribution in [3.8, 4) is 11.3 Å². The molecular weight excluding hydrogens is 291 g/mol. The van der Waals surface area contributed by atoms with Crippen LogP contribution in [0.1, 0.15) is 5.56 Å². The summed E-state index contributed by atoms with van der Waals surface area (Å²) in [5.41, 5.74) is 10.0. The van der Waals surface area contributed by atoms with Crippen molar-refractivity contribution in [1.29, 1.82) is 0 Å². The van der Waals surface area contributed by atoms with E-state index in [1.807, 2.05) is 35.0 Å². The fourth-order valence-electron chi connectivity index (χ4n) is 2.83. The summed E-state index contributed by atoms with van der Waals surface area (Å²) >= 11 is 0. The predicted molar refractivity (Wildman–Crippen MR) is 89.4 cm³/mol. The first kappa shape index (κ1) is 13.6. The number of halogens is 1. The number of nitrogens with zero attached hydrogens (tertiary/aromatic N) is 2. The Morgan fingerprint density at radius 3 is 2.78 bits per heavy atom. The van der Waals surface area contributed by atoms with Crippen LogP contribution >= 0.6 is 0 Å². The molecule has 3 N–H and O–H groups in total. The van der Waals surface area contributed by atoms with Crippen LogP contribution in [-0.4, -0.2) is 14.8 Å². The van der Waals surface area contributed by atoms with Gasteiger partial charge in [0.05, 0.1) is 24.1 Å². The van der Waals surface area contributed by atoms with Crippen molar-refractivity contribution < 1.29 is 4.39 Å². The molecular formula is C18H15FN4. The van der Waals surface area contributed by atoms with Crippen molar-refractivity contribution in [3.63, 3.8) is 0 Å². The first-order valence-electron chi connectivity index (χ1n) is 7.34. The topological polar surface area (TPSA) is 59.6 Å². The lowest BCUT2D eigenvalue weighted by Gasteiger charge is -2.07. The smallest absolute Gasteiger partial charge is 0.128 e. The largest absolute Gasteiger partial charge is 0.396 e. The van der Waals surface area contributed by atoms with E-state index in [2.05, 4.69) is 16.3 Å². The molecule has 0 unspecified atom stereocenters. The summed E-state index contributed by atoms with van der Waals surface area (Å²) in [6, 6.07) is 14.9. The van der Waals surface area contributed by atoms with Crippen molar-refractivity contribution in [2.24, 2.45) is 0 Å². The second kappa shape index (κ2) is 5.28. The fourth-order valence-corrected chi connectivity index (χ4v) is 2.83. The molecule has 0 radical (unpaired) electrons. The molecule has 0 atom stereocenters. The van der Waals surface area contributed by atoms with Gasteiger partial charge in [0.25, 0.3) is 0 Å². The van der Waals surface area contributed by atoms with Crippen molar-refractivity contribution in [2.75, 3.05) is 5.73 Å². The maximum Gasteiger partial charge on any atom is 0.128 e. The normalized spacial score (nSPS) is 11.2. The van der Waals surface area contributed by atoms with Crippen LogP contribution in [0.2, 0.25) is 0 Å². The Balaban J connectivity index is 1.74. The van der Waals surface area contributed by atoms with Gasteiger partial charge in [-0.05, 0) is 24.3 Å². The molecule has 0 saturated carbocycles. The number of rotatable bonds is 3. The molecule has 0 amide bonds. The highest BCUT2D eigenvalue weighted by atomic mass is 19.1. The summed E-state index contributed by atoms with van der Waals surface area (Å²) in [6.45, 7) is 0.502. The van der Waals surface area contributed by atoms with Crippen LogP contribution in [0.3, 0.4) is 0 Å². The van der Waals surface area contributed by atoms with Gasteiger partial charge in [-0.2, -0.15) is 5.10 Å². The zero-order chi connectivity index (χ0) is 15.8. The van der Waals surface area contributed by atoms with Crippen molar-refractivity contribution >= 4 is 16.6 Å². The number of hydrogen-bond donors (Lipinski definition) is 2. The maximum absolute atomic E-state index is 13.8. The minimum atomic E-state index is -0.184. The first-order chi connectivity index (χ1) is 11.2. The minimum absolute atomic E-state index is 0.184. The Bertz CT molecular complexity index is 984. The third-order valence-corrected chi connectivity index (χ3v) is 4.03. The van der Waals surface area contributed by atoms with Crippen molar-refractivity contribution in [2.45, 2.75) is 6.54 Å². The Labute approximate surface area is 132 Å². The van der Waals surface area contributed by atoms with Gasteiger partial charge in [0.15, 0.2) is 0 Å². The highest BCUT2D eigenvalue weighted by molar-refractivity contribution is 5.87. The van der Waals surface area contributed by atoms with E-state index in [1.165, 1.54) is 6.07 Å². The molecule has 4 nitrogen and oxygen atoms in total. The SMILES string of the molecule is Nc1cn[nH]c1-c1ccc2c(ccn2Cc2ccccc2F)c1. The van der Waals surface area contributed by atoms with E-state index in [9.17, 15) is 4.39 Å². The number of anilines is 1. The summed E-state index contributed by atoms with van der Waals surface area (Å²) in [5.74, 6) is -0.184. The number of aromatic nitrogens is 3. The molecule has 0 saturated heterocycles. The van der Waals surface area contributed by atoms with Crippen LogP contribution in [0.25, 0.3) is 22.2 Å². The van der Waals surface area contributed by atoms with E-state index < -0.39 is 0 Å². The number of aromatic amines is 1. The van der Waals surface area contributed by atoms with Crippen LogP contribution in [-0.2, 0) is 6.54 Å². The van der Waals surface area contributed by atoms with Crippen molar-refractivity contribution in [1.82, 2.24) is 14.8 Å². The first-order valence-corrected chi connectivity index (χ1v) is 7.34. The van der Waals surface area contributed by atoms with E-state index in [0.717, 1.165) is 22.2 Å². The molecule has 23 heavy (non-hydrogen) atoms. The molecule has 4 aromatic rings. The highest BCUT2D eigenvalue weighted by Crippen LogP contribution is 2.27. The number of hydrogen-bond acceptors (Lipinski definition) is 2. The Kier molecular flexibility index (Phi) is 3.12. The molecule has 114 valence electrons. The van der Waals surface area contributed by atoms with Gasteiger partial charge < -0.3 is 10.3 Å². The standard InChI is InChI=1S/C18H15FN4/c19-15-4-2-1-3-14(15)11-23-8-7-12-9-13(5-6-17(12)23)18-16(20)10-21-22-18/h1-10H,11,20H2,(H,21,22). The molecule has 0 fully saturated rings. The second-order valence-electron chi connectivity index (χ2n) is 5.51. The highest BCUT2D eigenvalue weighted by Gasteiger charge is 2.09. The molecule has 0 aliphatic rings.